The summed E-state index contributed by atoms with van der Waals surface area (Å²) in [6, 6.07) is 5.94. The first-order valence-electron chi connectivity index (χ1n) is 6.38. The number of aromatic nitrogens is 2. The van der Waals surface area contributed by atoms with Crippen molar-refractivity contribution < 1.29 is 9.47 Å². The molecule has 2 N–H and O–H groups in total. The standard InChI is InChI=1S/C14H17N3O2/c1-9-11(8-15-2)16-17-14(9)10-3-4-12-13(7-10)19-6-5-18-12/h3-4,7,15H,5-6,8H2,1-2H3,(H,16,17). The fraction of sp³-hybridized carbons (Fsp3) is 0.357. The molecule has 5 heteroatoms. The summed E-state index contributed by atoms with van der Waals surface area (Å²) in [4.78, 5) is 0. The fourth-order valence-corrected chi connectivity index (χ4v) is 2.25. The van der Waals surface area contributed by atoms with E-state index >= 15 is 0 Å². The average molecular weight is 259 g/mol. The number of nitrogens with one attached hydrogen (secondary N) is 2. The maximum Gasteiger partial charge on any atom is 0.162 e. The molecule has 0 atom stereocenters. The van der Waals surface area contributed by atoms with Gasteiger partial charge >= 0.3 is 0 Å². The van der Waals surface area contributed by atoms with Crippen LogP contribution in [0.2, 0.25) is 0 Å². The van der Waals surface area contributed by atoms with E-state index in [0.29, 0.717) is 13.2 Å². The summed E-state index contributed by atoms with van der Waals surface area (Å²) in [6.45, 7) is 4.06. The Morgan fingerprint density at radius 2 is 2.05 bits per heavy atom. The van der Waals surface area contributed by atoms with Gasteiger partial charge in [-0.1, -0.05) is 0 Å². The van der Waals surface area contributed by atoms with Crippen LogP contribution in [0.1, 0.15) is 11.3 Å². The highest BCUT2D eigenvalue weighted by Crippen LogP contribution is 2.35. The van der Waals surface area contributed by atoms with Crippen LogP contribution < -0.4 is 14.8 Å². The lowest BCUT2D eigenvalue weighted by atomic mass is 10.1. The van der Waals surface area contributed by atoms with Crippen LogP contribution >= 0.6 is 0 Å². The molecule has 1 aliphatic rings. The van der Waals surface area contributed by atoms with Crippen LogP contribution in [0.4, 0.5) is 0 Å². The summed E-state index contributed by atoms with van der Waals surface area (Å²) in [7, 11) is 1.92. The second-order valence-electron chi connectivity index (χ2n) is 4.56. The van der Waals surface area contributed by atoms with Crippen LogP contribution in [0, 0.1) is 6.92 Å². The lowest BCUT2D eigenvalue weighted by Crippen LogP contribution is -2.15. The number of H-pyrrole nitrogens is 1. The van der Waals surface area contributed by atoms with Gasteiger partial charge < -0.3 is 14.8 Å². The summed E-state index contributed by atoms with van der Waals surface area (Å²) in [5.41, 5.74) is 4.26. The van der Waals surface area contributed by atoms with Crippen LogP contribution in [0.25, 0.3) is 11.3 Å². The lowest BCUT2D eigenvalue weighted by molar-refractivity contribution is 0.171. The monoisotopic (exact) mass is 259 g/mol. The molecule has 0 bridgehead atoms. The molecule has 0 amide bonds. The van der Waals surface area contributed by atoms with E-state index in [-0.39, 0.29) is 0 Å². The van der Waals surface area contributed by atoms with E-state index in [0.717, 1.165) is 40.6 Å². The second kappa shape index (κ2) is 4.93. The molecular weight excluding hydrogens is 242 g/mol. The first-order valence-corrected chi connectivity index (χ1v) is 6.38. The number of aromatic amines is 1. The molecule has 5 nitrogen and oxygen atoms in total. The normalized spacial score (nSPS) is 13.6. The Bertz CT molecular complexity index is 592. The molecule has 0 saturated carbocycles. The molecule has 2 aromatic rings. The molecule has 19 heavy (non-hydrogen) atoms. The minimum atomic E-state index is 0.598. The Hall–Kier alpha value is -2.01. The van der Waals surface area contributed by atoms with Crippen molar-refractivity contribution >= 4 is 0 Å². The van der Waals surface area contributed by atoms with E-state index in [1.54, 1.807) is 0 Å². The summed E-state index contributed by atoms with van der Waals surface area (Å²) < 4.78 is 11.1. The maximum atomic E-state index is 5.60. The second-order valence-corrected chi connectivity index (χ2v) is 4.56. The largest absolute Gasteiger partial charge is 0.486 e. The molecule has 0 fully saturated rings. The Morgan fingerprint density at radius 1 is 1.26 bits per heavy atom. The number of hydrogen-bond donors (Lipinski definition) is 2. The Balaban J connectivity index is 1.98. The zero-order valence-corrected chi connectivity index (χ0v) is 11.1. The molecule has 3 rings (SSSR count). The molecule has 0 saturated heterocycles. The third-order valence-corrected chi connectivity index (χ3v) is 3.28. The summed E-state index contributed by atoms with van der Waals surface area (Å²) in [5.74, 6) is 1.60. The minimum Gasteiger partial charge on any atom is -0.486 e. The first-order chi connectivity index (χ1) is 9.29. The predicted octanol–water partition coefficient (Wildman–Crippen LogP) is 1.88. The zero-order chi connectivity index (χ0) is 13.2. The van der Waals surface area contributed by atoms with E-state index in [4.69, 9.17) is 9.47 Å². The van der Waals surface area contributed by atoms with Gasteiger partial charge in [0.2, 0.25) is 0 Å². The Labute approximate surface area is 111 Å². The Kier molecular flexibility index (Phi) is 3.13. The van der Waals surface area contributed by atoms with Crippen LogP contribution in [0.5, 0.6) is 11.5 Å². The number of fused-ring (bicyclic) bond motifs is 1. The molecule has 1 aromatic heterocycles. The van der Waals surface area contributed by atoms with Crippen molar-refractivity contribution in [2.75, 3.05) is 20.3 Å². The van der Waals surface area contributed by atoms with E-state index < -0.39 is 0 Å². The molecule has 0 spiro atoms. The summed E-state index contributed by atoms with van der Waals surface area (Å²) in [6.07, 6.45) is 0. The highest BCUT2D eigenvalue weighted by Gasteiger charge is 2.15. The van der Waals surface area contributed by atoms with Crippen molar-refractivity contribution in [2.24, 2.45) is 0 Å². The van der Waals surface area contributed by atoms with Gasteiger partial charge in [-0.3, -0.25) is 5.10 Å². The molecule has 0 radical (unpaired) electrons. The van der Waals surface area contributed by atoms with Gasteiger partial charge in [0, 0.05) is 12.1 Å². The van der Waals surface area contributed by atoms with Crippen molar-refractivity contribution in [3.8, 4) is 22.8 Å². The molecule has 1 aromatic carbocycles. The number of benzene rings is 1. The number of ether oxygens (including phenoxy) is 2. The molecule has 2 heterocycles. The SMILES string of the molecule is CNCc1[nH]nc(-c2ccc3c(c2)OCCO3)c1C. The van der Waals surface area contributed by atoms with Crippen molar-refractivity contribution in [3.63, 3.8) is 0 Å². The first kappa shape index (κ1) is 12.0. The van der Waals surface area contributed by atoms with E-state index in [9.17, 15) is 0 Å². The highest BCUT2D eigenvalue weighted by atomic mass is 16.6. The molecule has 0 aliphatic carbocycles. The molecule has 1 aliphatic heterocycles. The molecule has 0 unspecified atom stereocenters. The van der Waals surface area contributed by atoms with Gasteiger partial charge in [-0.2, -0.15) is 5.10 Å². The Morgan fingerprint density at radius 3 is 2.84 bits per heavy atom. The lowest BCUT2D eigenvalue weighted by Gasteiger charge is -2.18. The highest BCUT2D eigenvalue weighted by molar-refractivity contribution is 5.67. The van der Waals surface area contributed by atoms with Crippen molar-refractivity contribution in [3.05, 3.63) is 29.5 Å². The average Bonchev–Trinajstić information content (AvgIpc) is 2.80. The quantitative estimate of drug-likeness (QED) is 0.883. The van der Waals surface area contributed by atoms with Crippen LogP contribution in [-0.4, -0.2) is 30.5 Å². The van der Waals surface area contributed by atoms with Crippen LogP contribution in [-0.2, 0) is 6.54 Å². The predicted molar refractivity (Wildman–Crippen MR) is 72.5 cm³/mol. The van der Waals surface area contributed by atoms with E-state index in [1.165, 1.54) is 0 Å². The zero-order valence-electron chi connectivity index (χ0n) is 11.1. The topological polar surface area (TPSA) is 59.2 Å². The number of nitrogens with zero attached hydrogens (tertiary/aromatic N) is 1. The smallest absolute Gasteiger partial charge is 0.162 e. The van der Waals surface area contributed by atoms with Gasteiger partial charge in [-0.15, -0.1) is 0 Å². The van der Waals surface area contributed by atoms with Crippen molar-refractivity contribution in [2.45, 2.75) is 13.5 Å². The number of rotatable bonds is 3. The van der Waals surface area contributed by atoms with Gasteiger partial charge in [-0.05, 0) is 37.7 Å². The van der Waals surface area contributed by atoms with Crippen LogP contribution in [0.15, 0.2) is 18.2 Å². The van der Waals surface area contributed by atoms with Gasteiger partial charge in [0.05, 0.1) is 11.4 Å². The minimum absolute atomic E-state index is 0.598. The number of hydrogen-bond acceptors (Lipinski definition) is 4. The molecular formula is C14H17N3O2. The van der Waals surface area contributed by atoms with Crippen molar-refractivity contribution in [1.29, 1.82) is 0 Å². The van der Waals surface area contributed by atoms with Gasteiger partial charge in [-0.25, -0.2) is 0 Å². The molecule has 100 valence electrons. The van der Waals surface area contributed by atoms with Crippen LogP contribution in [0.3, 0.4) is 0 Å². The third-order valence-electron chi connectivity index (χ3n) is 3.28. The van der Waals surface area contributed by atoms with Gasteiger partial charge in [0.15, 0.2) is 11.5 Å². The summed E-state index contributed by atoms with van der Waals surface area (Å²) in [5, 5.41) is 10.6. The fourth-order valence-electron chi connectivity index (χ4n) is 2.25. The van der Waals surface area contributed by atoms with E-state index in [2.05, 4.69) is 22.4 Å². The van der Waals surface area contributed by atoms with Gasteiger partial charge in [0.25, 0.3) is 0 Å². The van der Waals surface area contributed by atoms with E-state index in [1.807, 2.05) is 25.2 Å². The third kappa shape index (κ3) is 2.17. The van der Waals surface area contributed by atoms with Crippen molar-refractivity contribution in [1.82, 2.24) is 15.5 Å². The summed E-state index contributed by atoms with van der Waals surface area (Å²) >= 11 is 0. The van der Waals surface area contributed by atoms with Gasteiger partial charge in [0.1, 0.15) is 13.2 Å². The maximum absolute atomic E-state index is 5.60.